The monoisotopic (exact) mass is 385 g/mol. The first kappa shape index (κ1) is 18.6. The smallest absolute Gasteiger partial charge is 0.213 e. The molecule has 4 rings (SSSR count). The van der Waals surface area contributed by atoms with Crippen molar-refractivity contribution in [3.05, 3.63) is 48.0 Å². The summed E-state index contributed by atoms with van der Waals surface area (Å²) in [6, 6.07) is 13.6. The lowest BCUT2D eigenvalue weighted by Crippen LogP contribution is -2.45. The summed E-state index contributed by atoms with van der Waals surface area (Å²) in [4.78, 5) is 12.7. The molecule has 4 nitrogen and oxygen atoms in total. The van der Waals surface area contributed by atoms with Gasteiger partial charge in [-0.1, -0.05) is 56.3 Å². The zero-order valence-corrected chi connectivity index (χ0v) is 17.0. The number of sulfonamides is 1. The molecule has 0 aliphatic heterocycles. The number of benzene rings is 2. The van der Waals surface area contributed by atoms with Crippen LogP contribution in [0.1, 0.15) is 51.6 Å². The van der Waals surface area contributed by atoms with Crippen molar-refractivity contribution in [2.45, 2.75) is 46.1 Å². The second kappa shape index (κ2) is 6.14. The number of rotatable bonds is 5. The zero-order valence-electron chi connectivity index (χ0n) is 16.2. The Balaban J connectivity index is 1.61. The van der Waals surface area contributed by atoms with Crippen LogP contribution in [0, 0.1) is 16.7 Å². The fourth-order valence-corrected chi connectivity index (χ4v) is 7.51. The molecule has 0 aromatic heterocycles. The molecule has 2 fully saturated rings. The lowest BCUT2D eigenvalue weighted by atomic mass is 9.70. The van der Waals surface area contributed by atoms with E-state index in [0.717, 1.165) is 22.8 Å². The molecule has 3 unspecified atom stereocenters. The molecular weight excluding hydrogens is 358 g/mol. The topological polar surface area (TPSA) is 63.2 Å². The third-order valence-electron chi connectivity index (χ3n) is 7.22. The third-order valence-corrected chi connectivity index (χ3v) is 8.81. The molecule has 0 radical (unpaired) electrons. The number of fused-ring (bicyclic) bond motifs is 3. The largest absolute Gasteiger partial charge is 0.299 e. The molecule has 144 valence electrons. The minimum absolute atomic E-state index is 0.0998. The second-order valence-electron chi connectivity index (χ2n) is 8.83. The standard InChI is InChI=1S/C22H27NO3S/c1-15(18-10-6-8-16-7-4-5-9-19(16)18)23-27(25,26)14-22-12-11-17(13-20(22)24)21(22,2)3/h4-10,15,17,23H,11-14H2,1-3H3. The number of nitrogens with one attached hydrogen (secondary N) is 1. The minimum atomic E-state index is -3.60. The van der Waals surface area contributed by atoms with Crippen molar-refractivity contribution in [3.8, 4) is 0 Å². The highest BCUT2D eigenvalue weighted by atomic mass is 32.2. The summed E-state index contributed by atoms with van der Waals surface area (Å²) in [6.07, 6.45) is 2.17. The van der Waals surface area contributed by atoms with E-state index >= 15 is 0 Å². The Hall–Kier alpha value is -1.72. The van der Waals surface area contributed by atoms with Crippen LogP contribution in [-0.2, 0) is 14.8 Å². The summed E-state index contributed by atoms with van der Waals surface area (Å²) in [5.74, 6) is 0.347. The molecule has 2 aliphatic carbocycles. The van der Waals surface area contributed by atoms with Crippen LogP contribution in [0.2, 0.25) is 0 Å². The summed E-state index contributed by atoms with van der Waals surface area (Å²) >= 11 is 0. The van der Waals surface area contributed by atoms with Gasteiger partial charge in [-0.25, -0.2) is 13.1 Å². The third kappa shape index (κ3) is 2.83. The number of Topliss-reactive ketones (excluding diaryl/α,β-unsaturated/α-hetero) is 1. The first-order valence-electron chi connectivity index (χ1n) is 9.67. The van der Waals surface area contributed by atoms with Crippen molar-refractivity contribution in [1.82, 2.24) is 4.72 Å². The summed E-state index contributed by atoms with van der Waals surface area (Å²) in [5, 5.41) is 2.14. The molecule has 2 aliphatic rings. The number of hydrogen-bond donors (Lipinski definition) is 1. The first-order chi connectivity index (χ1) is 12.7. The quantitative estimate of drug-likeness (QED) is 0.838. The van der Waals surface area contributed by atoms with Crippen LogP contribution >= 0.6 is 0 Å². The van der Waals surface area contributed by atoms with Crippen molar-refractivity contribution in [2.75, 3.05) is 5.75 Å². The van der Waals surface area contributed by atoms with E-state index in [1.165, 1.54) is 0 Å². The van der Waals surface area contributed by atoms with Gasteiger partial charge in [0.05, 0.1) is 5.75 Å². The Bertz CT molecular complexity index is 1010. The van der Waals surface area contributed by atoms with E-state index in [4.69, 9.17) is 0 Å². The molecule has 0 spiro atoms. The fraction of sp³-hybridized carbons (Fsp3) is 0.500. The molecule has 0 saturated heterocycles. The highest BCUT2D eigenvalue weighted by Gasteiger charge is 2.65. The average molecular weight is 386 g/mol. The van der Waals surface area contributed by atoms with E-state index in [1.807, 2.05) is 49.4 Å². The molecule has 2 saturated carbocycles. The van der Waals surface area contributed by atoms with Gasteiger partial charge in [0.1, 0.15) is 5.78 Å². The van der Waals surface area contributed by atoms with Gasteiger partial charge >= 0.3 is 0 Å². The highest BCUT2D eigenvalue weighted by molar-refractivity contribution is 7.89. The number of ketones is 1. The Morgan fingerprint density at radius 1 is 1.15 bits per heavy atom. The van der Waals surface area contributed by atoms with E-state index in [9.17, 15) is 13.2 Å². The SMILES string of the molecule is CC(NS(=O)(=O)CC12CCC(CC1=O)C2(C)C)c1cccc2ccccc12. The lowest BCUT2D eigenvalue weighted by molar-refractivity contribution is -0.128. The van der Waals surface area contributed by atoms with Crippen LogP contribution in [0.4, 0.5) is 0 Å². The summed E-state index contributed by atoms with van der Waals surface area (Å²) in [6.45, 7) is 6.01. The number of carbonyl (C=O) groups excluding carboxylic acids is 1. The maximum absolute atomic E-state index is 13.1. The molecule has 5 heteroatoms. The van der Waals surface area contributed by atoms with Crippen LogP contribution < -0.4 is 4.72 Å². The predicted octanol–water partition coefficient (Wildman–Crippen LogP) is 4.22. The lowest BCUT2D eigenvalue weighted by Gasteiger charge is -2.36. The van der Waals surface area contributed by atoms with Crippen molar-refractivity contribution in [3.63, 3.8) is 0 Å². The molecule has 2 bridgehead atoms. The second-order valence-corrected chi connectivity index (χ2v) is 10.6. The first-order valence-corrected chi connectivity index (χ1v) is 11.3. The molecule has 0 heterocycles. The van der Waals surface area contributed by atoms with Gasteiger partial charge < -0.3 is 0 Å². The van der Waals surface area contributed by atoms with Gasteiger partial charge in [-0.05, 0) is 47.4 Å². The van der Waals surface area contributed by atoms with Gasteiger partial charge in [0.15, 0.2) is 0 Å². The predicted molar refractivity (Wildman–Crippen MR) is 108 cm³/mol. The summed E-state index contributed by atoms with van der Waals surface area (Å²) in [5.41, 5.74) is -0.0285. The van der Waals surface area contributed by atoms with Crippen LogP contribution in [0.25, 0.3) is 10.8 Å². The van der Waals surface area contributed by atoms with E-state index in [2.05, 4.69) is 18.6 Å². The Kier molecular flexibility index (Phi) is 4.24. The average Bonchev–Trinajstić information content (AvgIpc) is 2.94. The maximum Gasteiger partial charge on any atom is 0.213 e. The summed E-state index contributed by atoms with van der Waals surface area (Å²) < 4.78 is 29.0. The Morgan fingerprint density at radius 2 is 1.85 bits per heavy atom. The molecule has 0 amide bonds. The van der Waals surface area contributed by atoms with E-state index < -0.39 is 15.4 Å². The molecule has 2 aromatic rings. The minimum Gasteiger partial charge on any atom is -0.299 e. The van der Waals surface area contributed by atoms with Crippen molar-refractivity contribution in [1.29, 1.82) is 0 Å². The normalized spacial score (nSPS) is 28.0. The Morgan fingerprint density at radius 3 is 2.52 bits per heavy atom. The molecule has 2 aromatic carbocycles. The fourth-order valence-electron chi connectivity index (χ4n) is 5.44. The van der Waals surface area contributed by atoms with Gasteiger partial charge in [-0.2, -0.15) is 0 Å². The number of hydrogen-bond acceptors (Lipinski definition) is 3. The van der Waals surface area contributed by atoms with E-state index in [1.54, 1.807) is 0 Å². The van der Waals surface area contributed by atoms with E-state index in [0.29, 0.717) is 18.8 Å². The van der Waals surface area contributed by atoms with Gasteiger partial charge in [0, 0.05) is 17.9 Å². The van der Waals surface area contributed by atoms with Gasteiger partial charge in [0.25, 0.3) is 0 Å². The van der Waals surface area contributed by atoms with Gasteiger partial charge in [-0.15, -0.1) is 0 Å². The highest BCUT2D eigenvalue weighted by Crippen LogP contribution is 2.64. The number of carbonyl (C=O) groups is 1. The Labute approximate surface area is 161 Å². The van der Waals surface area contributed by atoms with Crippen LogP contribution in [0.15, 0.2) is 42.5 Å². The van der Waals surface area contributed by atoms with Crippen molar-refractivity contribution >= 4 is 26.6 Å². The van der Waals surface area contributed by atoms with Crippen molar-refractivity contribution < 1.29 is 13.2 Å². The van der Waals surface area contributed by atoms with Crippen LogP contribution in [0.5, 0.6) is 0 Å². The molecule has 27 heavy (non-hydrogen) atoms. The van der Waals surface area contributed by atoms with E-state index in [-0.39, 0.29) is 23.0 Å². The van der Waals surface area contributed by atoms with Gasteiger partial charge in [0.2, 0.25) is 10.0 Å². The molecular formula is C22H27NO3S. The molecule has 3 atom stereocenters. The summed E-state index contributed by atoms with van der Waals surface area (Å²) in [7, 11) is -3.60. The van der Waals surface area contributed by atoms with Crippen LogP contribution in [-0.4, -0.2) is 20.0 Å². The van der Waals surface area contributed by atoms with Gasteiger partial charge in [-0.3, -0.25) is 4.79 Å². The zero-order chi connectivity index (χ0) is 19.4. The molecule has 1 N–H and O–H groups in total. The van der Waals surface area contributed by atoms with Crippen LogP contribution in [0.3, 0.4) is 0 Å². The maximum atomic E-state index is 13.1. The van der Waals surface area contributed by atoms with Crippen molar-refractivity contribution in [2.24, 2.45) is 16.7 Å².